The summed E-state index contributed by atoms with van der Waals surface area (Å²) in [5, 5.41) is 6.05. The molecule has 138 valence electrons. The zero-order valence-electron chi connectivity index (χ0n) is 14.4. The van der Waals surface area contributed by atoms with Gasteiger partial charge in [-0.05, 0) is 50.1 Å². The minimum absolute atomic E-state index is 0.222. The fourth-order valence-corrected chi connectivity index (χ4v) is 2.78. The van der Waals surface area contributed by atoms with Gasteiger partial charge >= 0.3 is 0 Å². The zero-order chi connectivity index (χ0) is 19.3. The number of carbonyl (C=O) groups excluding carboxylic acids is 2. The Labute approximate surface area is 161 Å². The minimum atomic E-state index is -1.33. The molecule has 4 nitrogen and oxygen atoms in total. The van der Waals surface area contributed by atoms with Gasteiger partial charge in [-0.1, -0.05) is 41.4 Å². The number of anilines is 1. The molecule has 0 spiro atoms. The summed E-state index contributed by atoms with van der Waals surface area (Å²) in [5.74, 6) is -1.28. The molecule has 0 unspecified atom stereocenters. The first kappa shape index (κ1) is 20.2. The van der Waals surface area contributed by atoms with Gasteiger partial charge in [-0.3, -0.25) is 9.59 Å². The van der Waals surface area contributed by atoms with Gasteiger partial charge in [0.1, 0.15) is 11.2 Å². The largest absolute Gasteiger partial charge is 0.355 e. The lowest BCUT2D eigenvalue weighted by molar-refractivity contribution is -0.138. The van der Waals surface area contributed by atoms with Crippen LogP contribution in [0.1, 0.15) is 19.4 Å². The van der Waals surface area contributed by atoms with Crippen LogP contribution in [0.25, 0.3) is 0 Å². The highest BCUT2D eigenvalue weighted by atomic mass is 35.5. The molecule has 0 saturated carbocycles. The maximum Gasteiger partial charge on any atom is 0.239 e. The fraction of sp³-hybridized carbons (Fsp3) is 0.263. The zero-order valence-corrected chi connectivity index (χ0v) is 15.9. The average molecular weight is 397 g/mol. The molecule has 0 bridgehead atoms. The minimum Gasteiger partial charge on any atom is -0.355 e. The van der Waals surface area contributed by atoms with E-state index < -0.39 is 17.2 Å². The molecule has 2 N–H and O–H groups in total. The normalized spacial score (nSPS) is 11.1. The molecule has 0 aromatic heterocycles. The lowest BCUT2D eigenvalue weighted by Crippen LogP contribution is -2.45. The highest BCUT2D eigenvalue weighted by Gasteiger charge is 2.36. The van der Waals surface area contributed by atoms with Crippen molar-refractivity contribution < 1.29 is 14.0 Å². The molecule has 0 atom stereocenters. The summed E-state index contributed by atoms with van der Waals surface area (Å²) in [5.41, 5.74) is -0.423. The Bertz CT molecular complexity index is 805. The quantitative estimate of drug-likeness (QED) is 0.708. The highest BCUT2D eigenvalue weighted by Crippen LogP contribution is 2.25. The number of benzene rings is 2. The van der Waals surface area contributed by atoms with E-state index in [1.807, 2.05) is 0 Å². The fourth-order valence-electron chi connectivity index (χ4n) is 2.25. The SMILES string of the molecule is CC(C)(C(=O)NCCc1ccccc1F)C(=O)Nc1cc(Cl)cc(Cl)c1. The predicted molar refractivity (Wildman–Crippen MR) is 102 cm³/mol. The molecule has 26 heavy (non-hydrogen) atoms. The molecule has 2 aromatic rings. The molecular weight excluding hydrogens is 378 g/mol. The van der Waals surface area contributed by atoms with E-state index in [0.717, 1.165) is 0 Å². The third kappa shape index (κ3) is 5.19. The van der Waals surface area contributed by atoms with Crippen LogP contribution >= 0.6 is 23.2 Å². The van der Waals surface area contributed by atoms with E-state index in [1.165, 1.54) is 32.0 Å². The van der Waals surface area contributed by atoms with Crippen LogP contribution in [0.5, 0.6) is 0 Å². The van der Waals surface area contributed by atoms with Crippen molar-refractivity contribution in [2.24, 2.45) is 5.41 Å². The first-order valence-corrected chi connectivity index (χ1v) is 8.75. The van der Waals surface area contributed by atoms with Crippen LogP contribution in [-0.4, -0.2) is 18.4 Å². The smallest absolute Gasteiger partial charge is 0.239 e. The summed E-state index contributed by atoms with van der Waals surface area (Å²) in [6.07, 6.45) is 0.333. The van der Waals surface area contributed by atoms with E-state index in [9.17, 15) is 14.0 Å². The van der Waals surface area contributed by atoms with Crippen molar-refractivity contribution in [1.29, 1.82) is 0 Å². The molecule has 0 radical (unpaired) electrons. The molecule has 2 amide bonds. The Kier molecular flexibility index (Phi) is 6.62. The third-order valence-electron chi connectivity index (χ3n) is 3.89. The van der Waals surface area contributed by atoms with Gasteiger partial charge in [-0.2, -0.15) is 0 Å². The van der Waals surface area contributed by atoms with E-state index in [4.69, 9.17) is 23.2 Å². The number of carbonyl (C=O) groups is 2. The van der Waals surface area contributed by atoms with Crippen molar-refractivity contribution in [2.45, 2.75) is 20.3 Å². The monoisotopic (exact) mass is 396 g/mol. The molecule has 0 aliphatic heterocycles. The number of nitrogens with one attached hydrogen (secondary N) is 2. The Morgan fingerprint density at radius 1 is 1.04 bits per heavy atom. The Hall–Kier alpha value is -2.11. The topological polar surface area (TPSA) is 58.2 Å². The van der Waals surface area contributed by atoms with E-state index in [2.05, 4.69) is 10.6 Å². The molecule has 0 fully saturated rings. The average Bonchev–Trinajstić information content (AvgIpc) is 2.55. The molecule has 7 heteroatoms. The number of hydrogen-bond acceptors (Lipinski definition) is 2. The Morgan fingerprint density at radius 3 is 2.27 bits per heavy atom. The van der Waals surface area contributed by atoms with Gasteiger partial charge in [-0.15, -0.1) is 0 Å². The van der Waals surface area contributed by atoms with Gasteiger partial charge in [0, 0.05) is 22.3 Å². The summed E-state index contributed by atoms with van der Waals surface area (Å²) >= 11 is 11.8. The van der Waals surface area contributed by atoms with Gasteiger partial charge in [0.15, 0.2) is 0 Å². The molecule has 0 aliphatic rings. The lowest BCUT2D eigenvalue weighted by atomic mass is 9.91. The van der Waals surface area contributed by atoms with Crippen LogP contribution in [-0.2, 0) is 16.0 Å². The van der Waals surface area contributed by atoms with Gasteiger partial charge in [0.25, 0.3) is 0 Å². The third-order valence-corrected chi connectivity index (χ3v) is 4.33. The summed E-state index contributed by atoms with van der Waals surface area (Å²) in [6, 6.07) is 11.0. The predicted octanol–water partition coefficient (Wildman–Crippen LogP) is 4.46. The second kappa shape index (κ2) is 8.52. The summed E-state index contributed by atoms with van der Waals surface area (Å²) in [6.45, 7) is 3.24. The summed E-state index contributed by atoms with van der Waals surface area (Å²) < 4.78 is 13.6. The second-order valence-corrected chi connectivity index (χ2v) is 7.21. The second-order valence-electron chi connectivity index (χ2n) is 6.33. The maximum absolute atomic E-state index is 13.6. The van der Waals surface area contributed by atoms with Crippen molar-refractivity contribution in [1.82, 2.24) is 5.32 Å². The summed E-state index contributed by atoms with van der Waals surface area (Å²) in [7, 11) is 0. The van der Waals surface area contributed by atoms with E-state index in [1.54, 1.807) is 24.3 Å². The highest BCUT2D eigenvalue weighted by molar-refractivity contribution is 6.35. The van der Waals surface area contributed by atoms with E-state index in [0.29, 0.717) is 27.7 Å². The van der Waals surface area contributed by atoms with Crippen LogP contribution in [0.4, 0.5) is 10.1 Å². The van der Waals surface area contributed by atoms with Crippen molar-refractivity contribution in [2.75, 3.05) is 11.9 Å². The van der Waals surface area contributed by atoms with Crippen LogP contribution in [0, 0.1) is 11.2 Å². The Morgan fingerprint density at radius 2 is 1.65 bits per heavy atom. The molecule has 0 aliphatic carbocycles. The molecule has 2 aromatic carbocycles. The van der Waals surface area contributed by atoms with E-state index >= 15 is 0 Å². The Balaban J connectivity index is 1.95. The van der Waals surface area contributed by atoms with Gasteiger partial charge in [-0.25, -0.2) is 4.39 Å². The van der Waals surface area contributed by atoms with Crippen molar-refractivity contribution in [3.05, 3.63) is 63.9 Å². The number of hydrogen-bond donors (Lipinski definition) is 2. The molecule has 0 saturated heterocycles. The maximum atomic E-state index is 13.6. The number of amides is 2. The van der Waals surface area contributed by atoms with Crippen molar-refractivity contribution in [3.63, 3.8) is 0 Å². The van der Waals surface area contributed by atoms with Crippen molar-refractivity contribution in [3.8, 4) is 0 Å². The van der Waals surface area contributed by atoms with Gasteiger partial charge < -0.3 is 10.6 Å². The molecule has 2 rings (SSSR count). The van der Waals surface area contributed by atoms with Crippen LogP contribution < -0.4 is 10.6 Å². The molecule has 0 heterocycles. The van der Waals surface area contributed by atoms with Crippen molar-refractivity contribution >= 4 is 40.7 Å². The lowest BCUT2D eigenvalue weighted by Gasteiger charge is -2.23. The van der Waals surface area contributed by atoms with Crippen LogP contribution in [0.15, 0.2) is 42.5 Å². The van der Waals surface area contributed by atoms with Crippen LogP contribution in [0.3, 0.4) is 0 Å². The van der Waals surface area contributed by atoms with Gasteiger partial charge in [0.05, 0.1) is 0 Å². The number of rotatable bonds is 6. The standard InChI is InChI=1S/C19H19Cl2FN2O2/c1-19(2,18(26)24-15-10-13(20)9-14(21)11-15)17(25)23-8-7-12-5-3-4-6-16(12)22/h3-6,9-11H,7-8H2,1-2H3,(H,23,25)(H,24,26). The van der Waals surface area contributed by atoms with Crippen LogP contribution in [0.2, 0.25) is 10.0 Å². The van der Waals surface area contributed by atoms with E-state index in [-0.39, 0.29) is 12.4 Å². The molecular formula is C19H19Cl2FN2O2. The number of halogens is 3. The first-order valence-electron chi connectivity index (χ1n) is 7.99. The summed E-state index contributed by atoms with van der Waals surface area (Å²) in [4.78, 5) is 24.9. The van der Waals surface area contributed by atoms with Gasteiger partial charge in [0.2, 0.25) is 11.8 Å². The first-order chi connectivity index (χ1) is 12.2.